The van der Waals surface area contributed by atoms with E-state index in [0.717, 1.165) is 11.0 Å². The molecule has 0 saturated heterocycles. The van der Waals surface area contributed by atoms with Crippen molar-refractivity contribution < 1.29 is 9.28 Å². The van der Waals surface area contributed by atoms with Crippen molar-refractivity contribution in [2.75, 3.05) is 6.54 Å². The Balaban J connectivity index is 2.13. The average molecular weight is 238 g/mol. The molecule has 0 aromatic carbocycles. The molecule has 17 heavy (non-hydrogen) atoms. The van der Waals surface area contributed by atoms with Crippen LogP contribution < -0.4 is 0 Å². The normalized spacial score (nSPS) is 24.8. The van der Waals surface area contributed by atoms with E-state index >= 15 is 0 Å². The van der Waals surface area contributed by atoms with Gasteiger partial charge in [0.15, 0.2) is 0 Å². The molecule has 2 rings (SSSR count). The zero-order valence-corrected chi connectivity index (χ0v) is 11.4. The van der Waals surface area contributed by atoms with Gasteiger partial charge in [0.25, 0.3) is 0 Å². The van der Waals surface area contributed by atoms with Crippen molar-refractivity contribution in [1.82, 2.24) is 0 Å². The van der Waals surface area contributed by atoms with E-state index in [0.29, 0.717) is 12.1 Å². The Morgan fingerprint density at radius 1 is 0.882 bits per heavy atom. The molecule has 2 aliphatic carbocycles. The van der Waals surface area contributed by atoms with Gasteiger partial charge in [0.1, 0.15) is 0 Å². The van der Waals surface area contributed by atoms with Crippen LogP contribution in [0.25, 0.3) is 0 Å². The van der Waals surface area contributed by atoms with E-state index in [1.807, 2.05) is 0 Å². The van der Waals surface area contributed by atoms with E-state index in [1.54, 1.807) is 0 Å². The Morgan fingerprint density at radius 3 is 1.59 bits per heavy atom. The van der Waals surface area contributed by atoms with Crippen molar-refractivity contribution in [2.45, 2.75) is 83.2 Å². The summed E-state index contributed by atoms with van der Waals surface area (Å²) in [6.45, 7) is 3.23. The van der Waals surface area contributed by atoms with Crippen molar-refractivity contribution >= 4 is 6.41 Å². The molecule has 0 N–H and O–H groups in total. The molecule has 2 nitrogen and oxygen atoms in total. The smallest absolute Gasteiger partial charge is 0.259 e. The molecule has 0 radical (unpaired) electrons. The SMILES string of the molecule is CC[N+](C=O)(C1CCCCC1)C1CCCCC1. The summed E-state index contributed by atoms with van der Waals surface area (Å²) in [5.74, 6) is 0. The van der Waals surface area contributed by atoms with Gasteiger partial charge in [0, 0.05) is 0 Å². The quantitative estimate of drug-likeness (QED) is 0.540. The first kappa shape index (κ1) is 13.1. The molecule has 2 aliphatic rings. The van der Waals surface area contributed by atoms with Gasteiger partial charge in [-0.3, -0.25) is 4.48 Å². The minimum absolute atomic E-state index is 0.634. The van der Waals surface area contributed by atoms with Crippen LogP contribution in [0.3, 0.4) is 0 Å². The molecule has 2 saturated carbocycles. The fraction of sp³-hybridized carbons (Fsp3) is 0.933. The first-order valence-electron chi connectivity index (χ1n) is 7.67. The van der Waals surface area contributed by atoms with Crippen LogP contribution in [0, 0.1) is 0 Å². The topological polar surface area (TPSA) is 17.1 Å². The predicted octanol–water partition coefficient (Wildman–Crippen LogP) is 3.64. The van der Waals surface area contributed by atoms with Gasteiger partial charge in [0.05, 0.1) is 18.6 Å². The van der Waals surface area contributed by atoms with Crippen LogP contribution in [0.2, 0.25) is 0 Å². The highest BCUT2D eigenvalue weighted by Gasteiger charge is 2.43. The third kappa shape index (κ3) is 2.57. The average Bonchev–Trinajstić information content (AvgIpc) is 2.43. The van der Waals surface area contributed by atoms with Crippen LogP contribution in [-0.4, -0.2) is 29.5 Å². The molecular weight excluding hydrogens is 210 g/mol. The maximum atomic E-state index is 11.8. The Labute approximate surface area is 106 Å². The van der Waals surface area contributed by atoms with Crippen LogP contribution in [0.15, 0.2) is 0 Å². The van der Waals surface area contributed by atoms with E-state index in [2.05, 4.69) is 6.92 Å². The highest BCUT2D eigenvalue weighted by Crippen LogP contribution is 2.35. The van der Waals surface area contributed by atoms with Gasteiger partial charge in [-0.05, 0) is 58.3 Å². The molecule has 1 amide bonds. The van der Waals surface area contributed by atoms with E-state index in [9.17, 15) is 4.79 Å². The van der Waals surface area contributed by atoms with Crippen molar-refractivity contribution in [3.05, 3.63) is 0 Å². The number of carbonyl (C=O) groups excluding carboxylic acids is 1. The lowest BCUT2D eigenvalue weighted by Gasteiger charge is -2.47. The fourth-order valence-corrected chi connectivity index (χ4v) is 4.18. The highest BCUT2D eigenvalue weighted by atomic mass is 16.1. The summed E-state index contributed by atoms with van der Waals surface area (Å²) in [5, 5.41) is 0. The van der Waals surface area contributed by atoms with Crippen LogP contribution >= 0.6 is 0 Å². The van der Waals surface area contributed by atoms with Gasteiger partial charge in [-0.2, -0.15) is 0 Å². The minimum Gasteiger partial charge on any atom is -0.259 e. The first-order valence-corrected chi connectivity index (χ1v) is 7.67. The predicted molar refractivity (Wildman–Crippen MR) is 70.6 cm³/mol. The number of rotatable bonds is 4. The number of hydrogen-bond acceptors (Lipinski definition) is 1. The molecule has 2 heteroatoms. The fourth-order valence-electron chi connectivity index (χ4n) is 4.18. The Morgan fingerprint density at radius 2 is 1.29 bits per heavy atom. The lowest BCUT2D eigenvalue weighted by atomic mass is 9.86. The summed E-state index contributed by atoms with van der Waals surface area (Å²) in [5.41, 5.74) is 0. The molecule has 2 fully saturated rings. The number of quaternary nitrogens is 1. The third-order valence-electron chi connectivity index (χ3n) is 5.25. The zero-order valence-electron chi connectivity index (χ0n) is 11.4. The van der Waals surface area contributed by atoms with Crippen molar-refractivity contribution in [2.24, 2.45) is 0 Å². The maximum Gasteiger partial charge on any atom is 0.301 e. The monoisotopic (exact) mass is 238 g/mol. The molecular formula is C15H28NO+. The Kier molecular flexibility index (Phi) is 4.61. The molecule has 98 valence electrons. The minimum atomic E-state index is 0.634. The molecule has 0 bridgehead atoms. The van der Waals surface area contributed by atoms with E-state index in [1.165, 1.54) is 70.6 Å². The van der Waals surface area contributed by atoms with Gasteiger partial charge in [-0.25, -0.2) is 4.79 Å². The number of hydrogen-bond donors (Lipinski definition) is 0. The standard InChI is InChI=1S/C15H28NO/c1-2-16(13-17,14-9-5-3-6-10-14)15-11-7-4-8-12-15/h13-15H,2-12H2,1H3/q+1. The van der Waals surface area contributed by atoms with Crippen molar-refractivity contribution in [3.8, 4) is 0 Å². The van der Waals surface area contributed by atoms with Crippen molar-refractivity contribution in [1.29, 1.82) is 0 Å². The number of nitrogens with zero attached hydrogens (tertiary/aromatic N) is 1. The summed E-state index contributed by atoms with van der Waals surface area (Å²) >= 11 is 0. The van der Waals surface area contributed by atoms with E-state index in [4.69, 9.17) is 0 Å². The number of carbonyl (C=O) groups is 1. The van der Waals surface area contributed by atoms with E-state index in [-0.39, 0.29) is 0 Å². The summed E-state index contributed by atoms with van der Waals surface area (Å²) < 4.78 is 0.792. The molecule has 0 aliphatic heterocycles. The van der Waals surface area contributed by atoms with E-state index < -0.39 is 0 Å². The second-order valence-corrected chi connectivity index (χ2v) is 6.00. The molecule has 0 spiro atoms. The Bertz CT molecular complexity index is 221. The second-order valence-electron chi connectivity index (χ2n) is 6.00. The molecule has 0 heterocycles. The molecule has 0 aromatic rings. The summed E-state index contributed by atoms with van der Waals surface area (Å²) in [4.78, 5) is 11.8. The van der Waals surface area contributed by atoms with Crippen LogP contribution in [0.4, 0.5) is 0 Å². The summed E-state index contributed by atoms with van der Waals surface area (Å²) in [6.07, 6.45) is 14.5. The third-order valence-corrected chi connectivity index (χ3v) is 5.25. The van der Waals surface area contributed by atoms with Crippen LogP contribution in [-0.2, 0) is 4.79 Å². The first-order chi connectivity index (χ1) is 8.33. The zero-order chi connectivity index (χ0) is 12.1. The summed E-state index contributed by atoms with van der Waals surface area (Å²) in [7, 11) is 0. The van der Waals surface area contributed by atoms with Gasteiger partial charge in [0.2, 0.25) is 0 Å². The molecule has 0 aromatic heterocycles. The summed E-state index contributed by atoms with van der Waals surface area (Å²) in [6, 6.07) is 1.27. The van der Waals surface area contributed by atoms with Gasteiger partial charge in [-0.1, -0.05) is 12.8 Å². The number of amides is 1. The second kappa shape index (κ2) is 5.99. The van der Waals surface area contributed by atoms with Gasteiger partial charge >= 0.3 is 6.41 Å². The van der Waals surface area contributed by atoms with Gasteiger partial charge < -0.3 is 0 Å². The lowest BCUT2D eigenvalue weighted by molar-refractivity contribution is -0.897. The van der Waals surface area contributed by atoms with Crippen LogP contribution in [0.1, 0.15) is 71.1 Å². The largest absolute Gasteiger partial charge is 0.301 e. The Hall–Kier alpha value is -0.370. The molecule has 0 unspecified atom stereocenters. The van der Waals surface area contributed by atoms with Crippen molar-refractivity contribution in [3.63, 3.8) is 0 Å². The maximum absolute atomic E-state index is 11.8. The van der Waals surface area contributed by atoms with Crippen LogP contribution in [0.5, 0.6) is 0 Å². The highest BCUT2D eigenvalue weighted by molar-refractivity contribution is 5.38. The molecule has 0 atom stereocenters. The van der Waals surface area contributed by atoms with Gasteiger partial charge in [-0.15, -0.1) is 0 Å². The lowest BCUT2D eigenvalue weighted by Crippen LogP contribution is -2.61.